The average Bonchev–Trinajstić information content (AvgIpc) is 2.78. The Balaban J connectivity index is 2.22. The molecule has 0 fully saturated rings. The minimum atomic E-state index is -0.584. The van der Waals surface area contributed by atoms with E-state index in [1.54, 1.807) is 31.2 Å². The summed E-state index contributed by atoms with van der Waals surface area (Å²) in [6.45, 7) is 5.41. The Bertz CT molecular complexity index is 998. The molecule has 0 saturated carbocycles. The maximum atomic E-state index is 12.5. The van der Waals surface area contributed by atoms with Crippen LogP contribution >= 0.6 is 0 Å². The van der Waals surface area contributed by atoms with E-state index in [0.29, 0.717) is 5.69 Å². The summed E-state index contributed by atoms with van der Waals surface area (Å²) in [5, 5.41) is 12.0. The van der Waals surface area contributed by atoms with Crippen molar-refractivity contribution in [1.82, 2.24) is 0 Å². The second kappa shape index (κ2) is 12.1. The van der Waals surface area contributed by atoms with Gasteiger partial charge in [-0.15, -0.1) is 6.58 Å². The van der Waals surface area contributed by atoms with Gasteiger partial charge in [0.2, 0.25) is 5.91 Å². The van der Waals surface area contributed by atoms with Crippen molar-refractivity contribution in [2.24, 2.45) is 0 Å². The predicted molar refractivity (Wildman–Crippen MR) is 123 cm³/mol. The normalized spacial score (nSPS) is 10.6. The molecule has 0 atom stereocenters. The molecular weight excluding hydrogens is 412 g/mol. The van der Waals surface area contributed by atoms with Crippen molar-refractivity contribution in [3.63, 3.8) is 0 Å². The van der Waals surface area contributed by atoms with Gasteiger partial charge in [-0.25, -0.2) is 4.79 Å². The van der Waals surface area contributed by atoms with E-state index in [2.05, 4.69) is 11.9 Å². The van der Waals surface area contributed by atoms with Crippen molar-refractivity contribution in [2.45, 2.75) is 6.92 Å². The number of anilines is 2. The zero-order chi connectivity index (χ0) is 23.5. The molecule has 2 amide bonds. The maximum Gasteiger partial charge on any atom is 0.340 e. The number of nitrogens with zero attached hydrogens (tertiary/aromatic N) is 1. The molecule has 2 aromatic rings. The second-order valence-electron chi connectivity index (χ2n) is 6.62. The summed E-state index contributed by atoms with van der Waals surface area (Å²) in [5.41, 5.74) is 1.58. The lowest BCUT2D eigenvalue weighted by Crippen LogP contribution is -2.31. The molecule has 2 N–H and O–H groups in total. The van der Waals surface area contributed by atoms with Gasteiger partial charge in [-0.2, -0.15) is 0 Å². The summed E-state index contributed by atoms with van der Waals surface area (Å²) in [6.07, 6.45) is 4.46. The quantitative estimate of drug-likeness (QED) is 0.255. The summed E-state index contributed by atoms with van der Waals surface area (Å²) in [5.74, 6) is -1.24. The molecule has 0 heterocycles. The number of benzene rings is 2. The van der Waals surface area contributed by atoms with Crippen molar-refractivity contribution in [1.29, 1.82) is 0 Å². The third-order valence-electron chi connectivity index (χ3n) is 4.28. The lowest BCUT2D eigenvalue weighted by atomic mass is 10.1. The van der Waals surface area contributed by atoms with Crippen LogP contribution in [-0.4, -0.2) is 49.8 Å². The van der Waals surface area contributed by atoms with Gasteiger partial charge in [-0.05, 0) is 48.9 Å². The van der Waals surface area contributed by atoms with Crippen molar-refractivity contribution < 1.29 is 29.0 Å². The fourth-order valence-electron chi connectivity index (χ4n) is 2.67. The van der Waals surface area contributed by atoms with Gasteiger partial charge in [0.05, 0.1) is 24.5 Å². The number of amides is 2. The first-order valence-corrected chi connectivity index (χ1v) is 9.90. The van der Waals surface area contributed by atoms with Crippen molar-refractivity contribution in [2.75, 3.05) is 37.1 Å². The maximum absolute atomic E-state index is 12.5. The first kappa shape index (κ1) is 24.4. The van der Waals surface area contributed by atoms with E-state index in [0.717, 1.165) is 5.56 Å². The molecule has 2 rings (SSSR count). The SMILES string of the molecule is C=CCOCC(=O)N(C)c1cc(NC(=O)/C=C/c2ccc(O)cc2)ccc1C(=O)OCC. The van der Waals surface area contributed by atoms with Gasteiger partial charge < -0.3 is 24.8 Å². The van der Waals surface area contributed by atoms with Crippen LogP contribution in [0.5, 0.6) is 5.75 Å². The highest BCUT2D eigenvalue weighted by atomic mass is 16.5. The Labute approximate surface area is 186 Å². The Morgan fingerprint density at radius 3 is 2.53 bits per heavy atom. The van der Waals surface area contributed by atoms with Gasteiger partial charge in [0, 0.05) is 18.8 Å². The van der Waals surface area contributed by atoms with Gasteiger partial charge in [0.15, 0.2) is 0 Å². The topological polar surface area (TPSA) is 105 Å². The van der Waals surface area contributed by atoms with Crippen LogP contribution in [0.15, 0.2) is 61.2 Å². The van der Waals surface area contributed by atoms with E-state index < -0.39 is 11.9 Å². The highest BCUT2D eigenvalue weighted by Gasteiger charge is 2.20. The van der Waals surface area contributed by atoms with E-state index in [1.807, 2.05) is 0 Å². The van der Waals surface area contributed by atoms with Gasteiger partial charge >= 0.3 is 5.97 Å². The van der Waals surface area contributed by atoms with Crippen molar-refractivity contribution in [3.05, 3.63) is 72.3 Å². The first-order valence-electron chi connectivity index (χ1n) is 9.90. The molecular formula is C24H26N2O6. The summed E-state index contributed by atoms with van der Waals surface area (Å²) in [6, 6.07) is 10.9. The van der Waals surface area contributed by atoms with Crippen LogP contribution in [0.4, 0.5) is 11.4 Å². The number of esters is 1. The molecule has 32 heavy (non-hydrogen) atoms. The minimum Gasteiger partial charge on any atom is -0.508 e. The summed E-state index contributed by atoms with van der Waals surface area (Å²) < 4.78 is 10.3. The Hall–Kier alpha value is -3.91. The average molecular weight is 438 g/mol. The van der Waals surface area contributed by atoms with Crippen LogP contribution in [-0.2, 0) is 19.1 Å². The zero-order valence-corrected chi connectivity index (χ0v) is 18.0. The molecule has 0 saturated heterocycles. The standard InChI is InChI=1S/C24H26N2O6/c1-4-14-31-16-23(29)26(3)21-15-18(9-12-20(21)24(30)32-5-2)25-22(28)13-8-17-6-10-19(27)11-7-17/h4,6-13,15,27H,1,5,14,16H2,2-3H3,(H,25,28)/b13-8+. The molecule has 8 heteroatoms. The van der Waals surface area contributed by atoms with Crippen LogP contribution in [0.2, 0.25) is 0 Å². The first-order chi connectivity index (χ1) is 15.3. The molecule has 0 aliphatic carbocycles. The van der Waals surface area contributed by atoms with Crippen LogP contribution in [0, 0.1) is 0 Å². The number of hydrogen-bond donors (Lipinski definition) is 2. The molecule has 0 spiro atoms. The number of phenolic OH excluding ortho intramolecular Hbond substituents is 1. The zero-order valence-electron chi connectivity index (χ0n) is 18.0. The van der Waals surface area contributed by atoms with Gasteiger partial charge in [-0.1, -0.05) is 18.2 Å². The predicted octanol–water partition coefficient (Wildman–Crippen LogP) is 3.39. The smallest absolute Gasteiger partial charge is 0.340 e. The molecule has 0 aliphatic rings. The van der Waals surface area contributed by atoms with Crippen LogP contribution in [0.25, 0.3) is 6.08 Å². The van der Waals surface area contributed by atoms with E-state index >= 15 is 0 Å². The number of nitrogens with one attached hydrogen (secondary N) is 1. The fourth-order valence-corrected chi connectivity index (χ4v) is 2.67. The molecule has 8 nitrogen and oxygen atoms in total. The van der Waals surface area contributed by atoms with E-state index in [4.69, 9.17) is 9.47 Å². The Kier molecular flexibility index (Phi) is 9.19. The summed E-state index contributed by atoms with van der Waals surface area (Å²) >= 11 is 0. The third kappa shape index (κ3) is 7.10. The molecule has 0 unspecified atom stereocenters. The van der Waals surface area contributed by atoms with Crippen LogP contribution in [0.1, 0.15) is 22.8 Å². The van der Waals surface area contributed by atoms with E-state index in [1.165, 1.54) is 48.4 Å². The van der Waals surface area contributed by atoms with E-state index in [-0.39, 0.29) is 42.7 Å². The number of carbonyl (C=O) groups excluding carboxylic acids is 3. The number of likely N-dealkylation sites (N-methyl/N-ethyl adjacent to an activating group) is 1. The highest BCUT2D eigenvalue weighted by Crippen LogP contribution is 2.25. The van der Waals surface area contributed by atoms with E-state index in [9.17, 15) is 19.5 Å². The second-order valence-corrected chi connectivity index (χ2v) is 6.62. The largest absolute Gasteiger partial charge is 0.508 e. The number of hydrogen-bond acceptors (Lipinski definition) is 6. The molecule has 168 valence electrons. The lowest BCUT2D eigenvalue weighted by molar-refractivity contribution is -0.122. The minimum absolute atomic E-state index is 0.134. The number of aromatic hydroxyl groups is 1. The summed E-state index contributed by atoms with van der Waals surface area (Å²) in [7, 11) is 1.51. The van der Waals surface area contributed by atoms with Crippen LogP contribution < -0.4 is 10.2 Å². The lowest BCUT2D eigenvalue weighted by Gasteiger charge is -2.21. The van der Waals surface area contributed by atoms with Crippen molar-refractivity contribution >= 4 is 35.2 Å². The van der Waals surface area contributed by atoms with Gasteiger partial charge in [-0.3, -0.25) is 9.59 Å². The molecule has 0 bridgehead atoms. The van der Waals surface area contributed by atoms with Crippen molar-refractivity contribution in [3.8, 4) is 5.75 Å². The highest BCUT2D eigenvalue weighted by molar-refractivity contribution is 6.06. The number of ether oxygens (including phenoxy) is 2. The number of rotatable bonds is 10. The number of carbonyl (C=O) groups is 3. The van der Waals surface area contributed by atoms with Gasteiger partial charge in [0.25, 0.3) is 5.91 Å². The summed E-state index contributed by atoms with van der Waals surface area (Å²) in [4.78, 5) is 38.4. The van der Waals surface area contributed by atoms with Gasteiger partial charge in [0.1, 0.15) is 12.4 Å². The molecule has 2 aromatic carbocycles. The number of phenols is 1. The monoisotopic (exact) mass is 438 g/mol. The molecule has 0 aromatic heterocycles. The Morgan fingerprint density at radius 2 is 1.88 bits per heavy atom. The fraction of sp³-hybridized carbons (Fsp3) is 0.208. The Morgan fingerprint density at radius 1 is 1.16 bits per heavy atom. The van der Waals surface area contributed by atoms with Crippen LogP contribution in [0.3, 0.4) is 0 Å². The molecule has 0 aliphatic heterocycles. The molecule has 0 radical (unpaired) electrons. The third-order valence-corrected chi connectivity index (χ3v) is 4.28.